The number of nitrogens with one attached hydrogen (secondary N) is 1. The summed E-state index contributed by atoms with van der Waals surface area (Å²) in [7, 11) is 1.49. The molecule has 0 unspecified atom stereocenters. The first kappa shape index (κ1) is 18.1. The van der Waals surface area contributed by atoms with E-state index in [2.05, 4.69) is 46.5 Å². The Hall–Kier alpha value is -3.25. The molecule has 0 radical (unpaired) electrons. The summed E-state index contributed by atoms with van der Waals surface area (Å²) in [5.74, 6) is 0.916. The first-order chi connectivity index (χ1) is 13.6. The summed E-state index contributed by atoms with van der Waals surface area (Å²) in [4.78, 5) is 8.95. The number of anilines is 1. The van der Waals surface area contributed by atoms with Crippen molar-refractivity contribution in [2.75, 3.05) is 12.4 Å². The highest BCUT2D eigenvalue weighted by molar-refractivity contribution is 6.32. The highest BCUT2D eigenvalue weighted by Crippen LogP contribution is 2.38. The van der Waals surface area contributed by atoms with Crippen LogP contribution in [0.3, 0.4) is 0 Å². The summed E-state index contributed by atoms with van der Waals surface area (Å²) in [5.41, 5.74) is 4.69. The van der Waals surface area contributed by atoms with Crippen molar-refractivity contribution in [2.45, 2.75) is 13.5 Å². The zero-order valence-electron chi connectivity index (χ0n) is 15.5. The van der Waals surface area contributed by atoms with E-state index in [0.29, 0.717) is 23.8 Å². The molecule has 0 saturated carbocycles. The number of phenolic OH excluding ortho intramolecular Hbond substituents is 1. The number of aromatic hydroxyl groups is 1. The first-order valence-electron chi connectivity index (χ1n) is 8.75. The molecule has 6 nitrogen and oxygen atoms in total. The van der Waals surface area contributed by atoms with Gasteiger partial charge in [-0.15, -0.1) is 0 Å². The van der Waals surface area contributed by atoms with E-state index in [0.717, 1.165) is 16.8 Å². The smallest absolute Gasteiger partial charge is 0.180 e. The Morgan fingerprint density at radius 1 is 1.18 bits per heavy atom. The van der Waals surface area contributed by atoms with Gasteiger partial charge in [0.1, 0.15) is 0 Å². The molecule has 0 spiro atoms. The van der Waals surface area contributed by atoms with Gasteiger partial charge >= 0.3 is 0 Å². The van der Waals surface area contributed by atoms with E-state index in [9.17, 15) is 5.11 Å². The standard InChI is InChI=1S/C21H19ClN4O2/c1-13-3-5-14(6-4-13)11-24-20-21-25-12-17(26(21)8-7-23-20)15-9-16(22)19(27)18(10-15)28-2/h3-10,12,27H,11H2,1-2H3,(H,23,24). The SMILES string of the molecule is COc1cc(-c2cnc3c(NCc4ccc(C)cc4)nccn23)cc(Cl)c1O. The van der Waals surface area contributed by atoms with Gasteiger partial charge in [-0.1, -0.05) is 41.4 Å². The fourth-order valence-corrected chi connectivity index (χ4v) is 3.24. The number of halogens is 1. The lowest BCUT2D eigenvalue weighted by molar-refractivity contribution is 0.374. The molecule has 2 aromatic carbocycles. The van der Waals surface area contributed by atoms with Crippen molar-refractivity contribution >= 4 is 23.1 Å². The summed E-state index contributed by atoms with van der Waals surface area (Å²) >= 11 is 6.14. The second kappa shape index (κ2) is 7.40. The lowest BCUT2D eigenvalue weighted by atomic mass is 10.1. The van der Waals surface area contributed by atoms with E-state index in [4.69, 9.17) is 16.3 Å². The molecule has 0 amide bonds. The van der Waals surface area contributed by atoms with E-state index >= 15 is 0 Å². The van der Waals surface area contributed by atoms with Crippen molar-refractivity contribution < 1.29 is 9.84 Å². The van der Waals surface area contributed by atoms with Crippen molar-refractivity contribution in [1.82, 2.24) is 14.4 Å². The maximum Gasteiger partial charge on any atom is 0.180 e. The number of nitrogens with zero attached hydrogens (tertiary/aromatic N) is 3. The van der Waals surface area contributed by atoms with Crippen LogP contribution in [-0.4, -0.2) is 26.6 Å². The molecule has 142 valence electrons. The largest absolute Gasteiger partial charge is 0.503 e. The van der Waals surface area contributed by atoms with Gasteiger partial charge in [0.05, 0.1) is 24.0 Å². The Bertz CT molecular complexity index is 1140. The topological polar surface area (TPSA) is 71.7 Å². The van der Waals surface area contributed by atoms with Gasteiger partial charge in [-0.25, -0.2) is 9.97 Å². The minimum Gasteiger partial charge on any atom is -0.503 e. The van der Waals surface area contributed by atoms with Crippen molar-refractivity contribution in [3.8, 4) is 22.8 Å². The highest BCUT2D eigenvalue weighted by atomic mass is 35.5. The van der Waals surface area contributed by atoms with Gasteiger partial charge in [0, 0.05) is 24.5 Å². The molecule has 7 heteroatoms. The van der Waals surface area contributed by atoms with Crippen LogP contribution in [0.2, 0.25) is 5.02 Å². The fraction of sp³-hybridized carbons (Fsp3) is 0.143. The second-order valence-corrected chi connectivity index (χ2v) is 6.87. The molecule has 0 atom stereocenters. The van der Waals surface area contributed by atoms with Gasteiger partial charge in [-0.3, -0.25) is 4.40 Å². The maximum absolute atomic E-state index is 9.97. The van der Waals surface area contributed by atoms with E-state index < -0.39 is 0 Å². The molecule has 0 bridgehead atoms. The summed E-state index contributed by atoms with van der Waals surface area (Å²) in [6.45, 7) is 2.71. The first-order valence-corrected chi connectivity index (χ1v) is 9.13. The minimum absolute atomic E-state index is 0.0798. The van der Waals surface area contributed by atoms with Gasteiger partial charge in [0.2, 0.25) is 0 Å². The number of imidazole rings is 1. The van der Waals surface area contributed by atoms with Crippen LogP contribution < -0.4 is 10.1 Å². The number of methoxy groups -OCH3 is 1. The predicted molar refractivity (Wildman–Crippen MR) is 110 cm³/mol. The predicted octanol–water partition coefficient (Wildman–Crippen LogP) is 4.68. The molecule has 0 fully saturated rings. The molecule has 28 heavy (non-hydrogen) atoms. The number of hydrogen-bond donors (Lipinski definition) is 2. The molecular weight excluding hydrogens is 376 g/mol. The molecule has 0 aliphatic heterocycles. The molecule has 4 rings (SSSR count). The Labute approximate surface area is 167 Å². The van der Waals surface area contributed by atoms with E-state index in [1.807, 2.05) is 10.6 Å². The van der Waals surface area contributed by atoms with Gasteiger partial charge < -0.3 is 15.2 Å². The molecule has 0 aliphatic carbocycles. The van der Waals surface area contributed by atoms with Crippen molar-refractivity contribution in [1.29, 1.82) is 0 Å². The van der Waals surface area contributed by atoms with Gasteiger partial charge in [-0.2, -0.15) is 0 Å². The fourth-order valence-electron chi connectivity index (χ4n) is 3.03. The van der Waals surface area contributed by atoms with Crippen LogP contribution >= 0.6 is 11.6 Å². The minimum atomic E-state index is -0.0798. The van der Waals surface area contributed by atoms with Crippen molar-refractivity contribution in [3.63, 3.8) is 0 Å². The third-order valence-corrected chi connectivity index (χ3v) is 4.84. The van der Waals surface area contributed by atoms with Crippen LogP contribution in [0.4, 0.5) is 5.82 Å². The third kappa shape index (κ3) is 3.34. The Morgan fingerprint density at radius 3 is 2.71 bits per heavy atom. The van der Waals surface area contributed by atoms with Crippen LogP contribution in [0.15, 0.2) is 55.0 Å². The van der Waals surface area contributed by atoms with Crippen molar-refractivity contribution in [3.05, 3.63) is 71.1 Å². The molecule has 2 aromatic heterocycles. The van der Waals surface area contributed by atoms with Gasteiger partial charge in [-0.05, 0) is 24.6 Å². The third-order valence-electron chi connectivity index (χ3n) is 4.55. The van der Waals surface area contributed by atoms with Gasteiger partial charge in [0.15, 0.2) is 23.0 Å². The summed E-state index contributed by atoms with van der Waals surface area (Å²) in [6.07, 6.45) is 5.30. The summed E-state index contributed by atoms with van der Waals surface area (Å²) < 4.78 is 7.13. The molecule has 0 aliphatic rings. The summed E-state index contributed by atoms with van der Waals surface area (Å²) in [5, 5.41) is 13.5. The molecule has 2 heterocycles. The number of phenols is 1. The number of aryl methyl sites for hydroxylation is 1. The average Bonchev–Trinajstić information content (AvgIpc) is 3.14. The lowest BCUT2D eigenvalue weighted by Crippen LogP contribution is -2.04. The van der Waals surface area contributed by atoms with Crippen LogP contribution in [-0.2, 0) is 6.54 Å². The second-order valence-electron chi connectivity index (χ2n) is 6.46. The Morgan fingerprint density at radius 2 is 1.96 bits per heavy atom. The van der Waals surface area contributed by atoms with E-state index in [-0.39, 0.29) is 10.8 Å². The van der Waals surface area contributed by atoms with Crippen LogP contribution in [0, 0.1) is 6.92 Å². The maximum atomic E-state index is 9.97. The molecule has 2 N–H and O–H groups in total. The number of benzene rings is 2. The normalized spacial score (nSPS) is 11.0. The number of ether oxygens (including phenoxy) is 1. The Kier molecular flexibility index (Phi) is 4.79. The number of fused-ring (bicyclic) bond motifs is 1. The van der Waals surface area contributed by atoms with Crippen molar-refractivity contribution in [2.24, 2.45) is 0 Å². The quantitative estimate of drug-likeness (QED) is 0.514. The van der Waals surface area contributed by atoms with Crippen LogP contribution in [0.1, 0.15) is 11.1 Å². The van der Waals surface area contributed by atoms with E-state index in [1.165, 1.54) is 12.7 Å². The zero-order chi connectivity index (χ0) is 19.7. The molecule has 4 aromatic rings. The monoisotopic (exact) mass is 394 g/mol. The lowest BCUT2D eigenvalue weighted by Gasteiger charge is -2.10. The number of aromatic nitrogens is 3. The average molecular weight is 395 g/mol. The summed E-state index contributed by atoms with van der Waals surface area (Å²) in [6, 6.07) is 11.8. The Balaban J connectivity index is 1.69. The molecule has 0 saturated heterocycles. The van der Waals surface area contributed by atoms with E-state index in [1.54, 1.807) is 24.5 Å². The van der Waals surface area contributed by atoms with Gasteiger partial charge in [0.25, 0.3) is 0 Å². The van der Waals surface area contributed by atoms with Crippen LogP contribution in [0.25, 0.3) is 16.9 Å². The molecular formula is C21H19ClN4O2. The number of rotatable bonds is 5. The number of hydrogen-bond acceptors (Lipinski definition) is 5. The van der Waals surface area contributed by atoms with Crippen LogP contribution in [0.5, 0.6) is 11.5 Å². The highest BCUT2D eigenvalue weighted by Gasteiger charge is 2.15. The zero-order valence-corrected chi connectivity index (χ0v) is 16.2.